The van der Waals surface area contributed by atoms with Gasteiger partial charge in [-0.1, -0.05) is 12.1 Å². The molecule has 96 valence electrons. The number of aryl methyl sites for hydroxylation is 1. The summed E-state index contributed by atoms with van der Waals surface area (Å²) < 4.78 is 1.91. The van der Waals surface area contributed by atoms with Gasteiger partial charge in [-0.05, 0) is 12.1 Å². The largest absolute Gasteiger partial charge is 0.379 e. The van der Waals surface area contributed by atoms with E-state index in [0.717, 1.165) is 23.6 Å². The summed E-state index contributed by atoms with van der Waals surface area (Å²) in [6, 6.07) is 8.10. The Morgan fingerprint density at radius 2 is 2.21 bits per heavy atom. The molecule has 1 aromatic carbocycles. The van der Waals surface area contributed by atoms with Gasteiger partial charge >= 0.3 is 0 Å². The van der Waals surface area contributed by atoms with Crippen molar-refractivity contribution in [2.24, 2.45) is 7.05 Å². The van der Waals surface area contributed by atoms with Crippen molar-refractivity contribution in [3.8, 4) is 11.4 Å². The van der Waals surface area contributed by atoms with Crippen molar-refractivity contribution < 1.29 is 0 Å². The first-order chi connectivity index (χ1) is 9.34. The van der Waals surface area contributed by atoms with Crippen LogP contribution in [0.4, 0.5) is 5.69 Å². The van der Waals surface area contributed by atoms with E-state index in [9.17, 15) is 0 Å². The van der Waals surface area contributed by atoms with E-state index in [1.54, 1.807) is 17.7 Å². The van der Waals surface area contributed by atoms with Crippen LogP contribution in [0, 0.1) is 0 Å². The molecule has 0 atom stereocenters. The second-order valence-corrected chi connectivity index (χ2v) is 5.10. The summed E-state index contributed by atoms with van der Waals surface area (Å²) in [5.41, 5.74) is 3.94. The fraction of sp³-hybridized carbons (Fsp3) is 0.154. The van der Waals surface area contributed by atoms with Crippen molar-refractivity contribution in [1.29, 1.82) is 0 Å². The maximum Gasteiger partial charge on any atom is 0.165 e. The van der Waals surface area contributed by atoms with E-state index < -0.39 is 0 Å². The van der Waals surface area contributed by atoms with Crippen molar-refractivity contribution >= 4 is 17.0 Å². The van der Waals surface area contributed by atoms with Gasteiger partial charge in [0.1, 0.15) is 6.33 Å². The van der Waals surface area contributed by atoms with E-state index in [4.69, 9.17) is 0 Å². The van der Waals surface area contributed by atoms with Crippen molar-refractivity contribution in [1.82, 2.24) is 19.7 Å². The molecule has 3 aromatic rings. The minimum absolute atomic E-state index is 0.763. The fourth-order valence-corrected chi connectivity index (χ4v) is 2.41. The van der Waals surface area contributed by atoms with Crippen LogP contribution in [0.25, 0.3) is 11.4 Å². The van der Waals surface area contributed by atoms with Crippen molar-refractivity contribution in [2.45, 2.75) is 6.54 Å². The number of hydrogen-bond donors (Lipinski definition) is 1. The summed E-state index contributed by atoms with van der Waals surface area (Å²) in [5.74, 6) is 0.854. The number of rotatable bonds is 4. The summed E-state index contributed by atoms with van der Waals surface area (Å²) >= 11 is 1.64. The van der Waals surface area contributed by atoms with Gasteiger partial charge in [0.2, 0.25) is 0 Å². The monoisotopic (exact) mass is 271 g/mol. The molecule has 5 nitrogen and oxygen atoms in total. The van der Waals surface area contributed by atoms with Crippen LogP contribution in [0.3, 0.4) is 0 Å². The lowest BCUT2D eigenvalue weighted by Crippen LogP contribution is -2.01. The average molecular weight is 271 g/mol. The molecule has 0 spiro atoms. The second kappa shape index (κ2) is 5.19. The Hall–Kier alpha value is -2.21. The molecular formula is C13H13N5S. The fourth-order valence-electron chi connectivity index (χ4n) is 1.87. The number of nitrogens with one attached hydrogen (secondary N) is 1. The Balaban J connectivity index is 1.88. The van der Waals surface area contributed by atoms with E-state index in [0.29, 0.717) is 0 Å². The molecule has 3 rings (SSSR count). The average Bonchev–Trinajstić information content (AvgIpc) is 3.08. The van der Waals surface area contributed by atoms with Crippen LogP contribution in [0.15, 0.2) is 42.3 Å². The third kappa shape index (κ3) is 2.48. The topological polar surface area (TPSA) is 55.6 Å². The lowest BCUT2D eigenvalue weighted by molar-refractivity contribution is 0.919. The molecule has 0 fully saturated rings. The SMILES string of the molecule is Cn1cnnc1-c1ccccc1NCc1cncs1. The first-order valence-corrected chi connectivity index (χ1v) is 6.77. The highest BCUT2D eigenvalue weighted by Gasteiger charge is 2.09. The minimum Gasteiger partial charge on any atom is -0.379 e. The standard InChI is InChI=1S/C13H13N5S/c1-18-8-16-17-13(18)11-4-2-3-5-12(11)15-7-10-6-14-9-19-10/h2-6,8-9,15H,7H2,1H3. The summed E-state index contributed by atoms with van der Waals surface area (Å²) in [4.78, 5) is 5.27. The summed E-state index contributed by atoms with van der Waals surface area (Å²) in [6.45, 7) is 0.763. The van der Waals surface area contributed by atoms with Crippen LogP contribution in [0.2, 0.25) is 0 Å². The molecule has 0 saturated heterocycles. The van der Waals surface area contributed by atoms with Crippen molar-refractivity contribution in [3.63, 3.8) is 0 Å². The molecule has 0 radical (unpaired) electrons. The third-order valence-electron chi connectivity index (χ3n) is 2.82. The minimum atomic E-state index is 0.763. The highest BCUT2D eigenvalue weighted by Crippen LogP contribution is 2.26. The van der Waals surface area contributed by atoms with Gasteiger partial charge in [0.25, 0.3) is 0 Å². The van der Waals surface area contributed by atoms with Crippen LogP contribution in [-0.2, 0) is 13.6 Å². The highest BCUT2D eigenvalue weighted by molar-refractivity contribution is 7.09. The molecule has 0 aliphatic carbocycles. The number of nitrogens with zero attached hydrogens (tertiary/aromatic N) is 4. The van der Waals surface area contributed by atoms with Gasteiger partial charge < -0.3 is 9.88 Å². The Bertz CT molecular complexity index is 659. The Labute approximate surface area is 115 Å². The van der Waals surface area contributed by atoms with Gasteiger partial charge in [0.15, 0.2) is 5.82 Å². The Morgan fingerprint density at radius 1 is 1.32 bits per heavy atom. The first kappa shape index (κ1) is 11.9. The van der Waals surface area contributed by atoms with Gasteiger partial charge in [-0.25, -0.2) is 0 Å². The number of hydrogen-bond acceptors (Lipinski definition) is 5. The van der Waals surface area contributed by atoms with Crippen molar-refractivity contribution in [2.75, 3.05) is 5.32 Å². The lowest BCUT2D eigenvalue weighted by atomic mass is 10.1. The maximum absolute atomic E-state index is 4.15. The second-order valence-electron chi connectivity index (χ2n) is 4.13. The van der Waals surface area contributed by atoms with Gasteiger partial charge in [0, 0.05) is 29.4 Å². The first-order valence-electron chi connectivity index (χ1n) is 5.89. The van der Waals surface area contributed by atoms with Crippen LogP contribution >= 0.6 is 11.3 Å². The van der Waals surface area contributed by atoms with E-state index in [2.05, 4.69) is 20.5 Å². The van der Waals surface area contributed by atoms with E-state index in [1.165, 1.54) is 4.88 Å². The Kier molecular flexibility index (Phi) is 3.24. The molecule has 2 heterocycles. The number of para-hydroxylation sites is 1. The zero-order valence-corrected chi connectivity index (χ0v) is 11.3. The molecule has 0 unspecified atom stereocenters. The predicted octanol–water partition coefficient (Wildman–Crippen LogP) is 2.55. The molecule has 0 aliphatic rings. The molecule has 0 saturated carbocycles. The zero-order chi connectivity index (χ0) is 13.1. The predicted molar refractivity (Wildman–Crippen MR) is 75.9 cm³/mol. The quantitative estimate of drug-likeness (QED) is 0.792. The van der Waals surface area contributed by atoms with Gasteiger partial charge in [0.05, 0.1) is 12.1 Å². The van der Waals surface area contributed by atoms with Crippen LogP contribution in [0.1, 0.15) is 4.88 Å². The van der Waals surface area contributed by atoms with E-state index in [-0.39, 0.29) is 0 Å². The summed E-state index contributed by atoms with van der Waals surface area (Å²) in [5, 5.41) is 11.5. The number of aromatic nitrogens is 4. The smallest absolute Gasteiger partial charge is 0.165 e. The maximum atomic E-state index is 4.15. The third-order valence-corrected chi connectivity index (χ3v) is 3.60. The summed E-state index contributed by atoms with van der Waals surface area (Å²) in [6.07, 6.45) is 3.58. The van der Waals surface area contributed by atoms with Crippen LogP contribution in [0.5, 0.6) is 0 Å². The molecule has 1 N–H and O–H groups in total. The lowest BCUT2D eigenvalue weighted by Gasteiger charge is -2.10. The number of thiazole rings is 1. The molecular weight excluding hydrogens is 258 g/mol. The zero-order valence-electron chi connectivity index (χ0n) is 10.4. The van der Waals surface area contributed by atoms with Crippen molar-refractivity contribution in [3.05, 3.63) is 47.2 Å². The molecule has 0 aliphatic heterocycles. The van der Waals surface area contributed by atoms with Gasteiger partial charge in [-0.2, -0.15) is 0 Å². The highest BCUT2D eigenvalue weighted by atomic mass is 32.1. The van der Waals surface area contributed by atoms with E-state index >= 15 is 0 Å². The molecule has 0 amide bonds. The molecule has 19 heavy (non-hydrogen) atoms. The number of anilines is 1. The normalized spacial score (nSPS) is 10.6. The number of benzene rings is 1. The van der Waals surface area contributed by atoms with Gasteiger partial charge in [-0.15, -0.1) is 21.5 Å². The molecule has 0 bridgehead atoms. The molecule has 2 aromatic heterocycles. The molecule has 6 heteroatoms. The van der Waals surface area contributed by atoms with E-state index in [1.807, 2.05) is 47.6 Å². The van der Waals surface area contributed by atoms with Gasteiger partial charge in [-0.3, -0.25) is 4.98 Å². The van der Waals surface area contributed by atoms with Crippen LogP contribution in [-0.4, -0.2) is 19.7 Å². The Morgan fingerprint density at radius 3 is 2.95 bits per heavy atom. The van der Waals surface area contributed by atoms with Crippen LogP contribution < -0.4 is 5.32 Å². The summed E-state index contributed by atoms with van der Waals surface area (Å²) in [7, 11) is 1.94.